The van der Waals surface area contributed by atoms with Crippen LogP contribution < -0.4 is 10.8 Å². The Kier molecular flexibility index (Phi) is 2.27. The summed E-state index contributed by atoms with van der Waals surface area (Å²) in [5, 5.41) is 11.6. The van der Waals surface area contributed by atoms with E-state index in [0.29, 0.717) is 0 Å². The second-order valence-corrected chi connectivity index (χ2v) is 2.17. The van der Waals surface area contributed by atoms with Gasteiger partial charge in [0.2, 0.25) is 0 Å². The van der Waals surface area contributed by atoms with Gasteiger partial charge in [0.05, 0.1) is 0 Å². The number of hydrogen-bond acceptors (Lipinski definition) is 3. The maximum atomic E-state index is 8.40. The first-order chi connectivity index (χ1) is 3.93. The Bertz CT molecular complexity index is 61.4. The molecule has 0 bridgehead atoms. The smallest absolute Gasteiger partial charge is 0.0444 e. The first kappa shape index (κ1) is 6.01. The SMILES string of the molecule is ONC1CCCNC1. The van der Waals surface area contributed by atoms with E-state index >= 15 is 0 Å². The predicted octanol–water partition coefficient (Wildman–Crippen LogP) is -0.283. The normalized spacial score (nSPS) is 30.4. The summed E-state index contributed by atoms with van der Waals surface area (Å²) < 4.78 is 0. The molecule has 1 saturated heterocycles. The molecule has 1 fully saturated rings. The third-order valence-electron chi connectivity index (χ3n) is 1.48. The molecule has 0 aliphatic carbocycles. The molecule has 1 heterocycles. The Morgan fingerprint density at radius 3 is 2.88 bits per heavy atom. The van der Waals surface area contributed by atoms with E-state index in [9.17, 15) is 0 Å². The zero-order valence-corrected chi connectivity index (χ0v) is 4.85. The van der Waals surface area contributed by atoms with Gasteiger partial charge in [-0.05, 0) is 19.4 Å². The van der Waals surface area contributed by atoms with E-state index in [1.54, 1.807) is 0 Å². The van der Waals surface area contributed by atoms with E-state index in [2.05, 4.69) is 10.8 Å². The summed E-state index contributed by atoms with van der Waals surface area (Å²) >= 11 is 0. The van der Waals surface area contributed by atoms with Crippen molar-refractivity contribution in [3.8, 4) is 0 Å². The van der Waals surface area contributed by atoms with Crippen LogP contribution in [0, 0.1) is 0 Å². The van der Waals surface area contributed by atoms with Crippen LogP contribution in [0.4, 0.5) is 0 Å². The third kappa shape index (κ3) is 1.43. The molecule has 0 aromatic heterocycles. The summed E-state index contributed by atoms with van der Waals surface area (Å²) in [6, 6.07) is 0.281. The van der Waals surface area contributed by atoms with E-state index < -0.39 is 0 Å². The highest BCUT2D eigenvalue weighted by molar-refractivity contribution is 4.70. The molecular formula is C5H12N2O. The molecular weight excluding hydrogens is 104 g/mol. The molecule has 0 saturated carbocycles. The van der Waals surface area contributed by atoms with Crippen LogP contribution in [-0.4, -0.2) is 24.3 Å². The Hall–Kier alpha value is -0.120. The summed E-state index contributed by atoms with van der Waals surface area (Å²) in [5.74, 6) is 0. The highest BCUT2D eigenvalue weighted by Crippen LogP contribution is 1.98. The Balaban J connectivity index is 2.13. The van der Waals surface area contributed by atoms with Gasteiger partial charge in [-0.1, -0.05) is 0 Å². The molecule has 3 nitrogen and oxygen atoms in total. The second kappa shape index (κ2) is 3.02. The molecule has 3 N–H and O–H groups in total. The molecule has 1 aliphatic heterocycles. The lowest BCUT2D eigenvalue weighted by molar-refractivity contribution is 0.113. The third-order valence-corrected chi connectivity index (χ3v) is 1.48. The Morgan fingerprint density at radius 2 is 2.50 bits per heavy atom. The van der Waals surface area contributed by atoms with Gasteiger partial charge in [-0.15, -0.1) is 0 Å². The van der Waals surface area contributed by atoms with Crippen LogP contribution in [0.25, 0.3) is 0 Å². The average Bonchev–Trinajstić information content (AvgIpc) is 1.90. The van der Waals surface area contributed by atoms with Crippen LogP contribution in [0.5, 0.6) is 0 Å². The van der Waals surface area contributed by atoms with Gasteiger partial charge in [-0.3, -0.25) is 0 Å². The minimum absolute atomic E-state index is 0.281. The first-order valence-electron chi connectivity index (χ1n) is 3.04. The highest BCUT2D eigenvalue weighted by Gasteiger charge is 2.09. The van der Waals surface area contributed by atoms with Crippen LogP contribution in [-0.2, 0) is 0 Å². The Labute approximate surface area is 49.0 Å². The van der Waals surface area contributed by atoms with Gasteiger partial charge >= 0.3 is 0 Å². The highest BCUT2D eigenvalue weighted by atomic mass is 16.5. The van der Waals surface area contributed by atoms with Gasteiger partial charge in [-0.25, -0.2) is 5.48 Å². The molecule has 1 aliphatic rings. The molecule has 1 rings (SSSR count). The molecule has 48 valence electrons. The lowest BCUT2D eigenvalue weighted by Gasteiger charge is -2.20. The van der Waals surface area contributed by atoms with Gasteiger partial charge in [0.15, 0.2) is 0 Å². The number of hydrogen-bond donors (Lipinski definition) is 3. The minimum Gasteiger partial charge on any atom is -0.316 e. The van der Waals surface area contributed by atoms with Crippen molar-refractivity contribution in [2.24, 2.45) is 0 Å². The van der Waals surface area contributed by atoms with Crippen LogP contribution >= 0.6 is 0 Å². The second-order valence-electron chi connectivity index (χ2n) is 2.17. The first-order valence-corrected chi connectivity index (χ1v) is 3.04. The maximum Gasteiger partial charge on any atom is 0.0444 e. The van der Waals surface area contributed by atoms with E-state index in [-0.39, 0.29) is 6.04 Å². The number of piperidine rings is 1. The van der Waals surface area contributed by atoms with Crippen LogP contribution in [0.1, 0.15) is 12.8 Å². The number of nitrogens with one attached hydrogen (secondary N) is 2. The summed E-state index contributed by atoms with van der Waals surface area (Å²) in [6.45, 7) is 1.99. The molecule has 1 atom stereocenters. The quantitative estimate of drug-likeness (QED) is 0.413. The lowest BCUT2D eigenvalue weighted by atomic mass is 10.1. The maximum absolute atomic E-state index is 8.40. The van der Waals surface area contributed by atoms with Gasteiger partial charge in [0.1, 0.15) is 0 Å². The van der Waals surface area contributed by atoms with Crippen molar-refractivity contribution >= 4 is 0 Å². The van der Waals surface area contributed by atoms with Crippen molar-refractivity contribution in [2.45, 2.75) is 18.9 Å². The van der Waals surface area contributed by atoms with Crippen molar-refractivity contribution in [1.29, 1.82) is 0 Å². The summed E-state index contributed by atoms with van der Waals surface area (Å²) in [4.78, 5) is 0. The summed E-state index contributed by atoms with van der Waals surface area (Å²) in [6.07, 6.45) is 2.25. The van der Waals surface area contributed by atoms with Gasteiger partial charge in [0, 0.05) is 12.6 Å². The molecule has 3 heteroatoms. The van der Waals surface area contributed by atoms with E-state index in [1.165, 1.54) is 0 Å². The van der Waals surface area contributed by atoms with Crippen molar-refractivity contribution in [2.75, 3.05) is 13.1 Å². The number of rotatable bonds is 1. The topological polar surface area (TPSA) is 44.3 Å². The van der Waals surface area contributed by atoms with Crippen molar-refractivity contribution in [3.05, 3.63) is 0 Å². The van der Waals surface area contributed by atoms with E-state index in [4.69, 9.17) is 5.21 Å². The summed E-state index contributed by atoms with van der Waals surface area (Å²) in [5.41, 5.74) is 2.24. The van der Waals surface area contributed by atoms with Crippen LogP contribution in [0.2, 0.25) is 0 Å². The largest absolute Gasteiger partial charge is 0.316 e. The molecule has 0 radical (unpaired) electrons. The fourth-order valence-electron chi connectivity index (χ4n) is 0.962. The van der Waals surface area contributed by atoms with Gasteiger partial charge in [-0.2, -0.15) is 0 Å². The zero-order chi connectivity index (χ0) is 5.82. The van der Waals surface area contributed by atoms with E-state index in [1.807, 2.05) is 0 Å². The summed E-state index contributed by atoms with van der Waals surface area (Å²) in [7, 11) is 0. The fraction of sp³-hybridized carbons (Fsp3) is 1.00. The minimum atomic E-state index is 0.281. The van der Waals surface area contributed by atoms with Gasteiger partial charge < -0.3 is 10.5 Å². The average molecular weight is 116 g/mol. The molecule has 0 spiro atoms. The monoisotopic (exact) mass is 116 g/mol. The standard InChI is InChI=1S/C5H12N2O/c8-7-5-2-1-3-6-4-5/h5-8H,1-4H2. The molecule has 0 amide bonds. The van der Waals surface area contributed by atoms with E-state index in [0.717, 1.165) is 25.9 Å². The Morgan fingerprint density at radius 1 is 1.62 bits per heavy atom. The predicted molar refractivity (Wildman–Crippen MR) is 30.8 cm³/mol. The van der Waals surface area contributed by atoms with Crippen LogP contribution in [0.15, 0.2) is 0 Å². The molecule has 0 aromatic rings. The lowest BCUT2D eigenvalue weighted by Crippen LogP contribution is -2.41. The van der Waals surface area contributed by atoms with Crippen LogP contribution in [0.3, 0.4) is 0 Å². The number of hydroxylamine groups is 1. The van der Waals surface area contributed by atoms with Gasteiger partial charge in [0.25, 0.3) is 0 Å². The van der Waals surface area contributed by atoms with Crippen molar-refractivity contribution in [3.63, 3.8) is 0 Å². The van der Waals surface area contributed by atoms with Crippen molar-refractivity contribution in [1.82, 2.24) is 10.8 Å². The fourth-order valence-corrected chi connectivity index (χ4v) is 0.962. The molecule has 8 heavy (non-hydrogen) atoms. The molecule has 0 aromatic carbocycles. The van der Waals surface area contributed by atoms with Crippen molar-refractivity contribution < 1.29 is 5.21 Å². The zero-order valence-electron chi connectivity index (χ0n) is 4.85. The molecule has 1 unspecified atom stereocenters.